The van der Waals surface area contributed by atoms with Crippen LogP contribution in [0.3, 0.4) is 0 Å². The molecule has 2 fully saturated rings. The number of rotatable bonds is 6. The highest BCUT2D eigenvalue weighted by Gasteiger charge is 2.30. The van der Waals surface area contributed by atoms with Gasteiger partial charge in [0, 0.05) is 17.5 Å². The Morgan fingerprint density at radius 1 is 0.967 bits per heavy atom. The summed E-state index contributed by atoms with van der Waals surface area (Å²) < 4.78 is 8.18. The molecule has 2 saturated carbocycles. The first-order valence-electron chi connectivity index (χ1n) is 11.0. The van der Waals surface area contributed by atoms with E-state index < -0.39 is 0 Å². The summed E-state index contributed by atoms with van der Waals surface area (Å²) in [4.78, 5) is 0. The molecule has 2 aliphatic carbocycles. The van der Waals surface area contributed by atoms with E-state index in [-0.39, 0.29) is 5.41 Å². The van der Waals surface area contributed by atoms with Crippen LogP contribution in [0.25, 0.3) is 11.4 Å². The van der Waals surface area contributed by atoms with Crippen LogP contribution in [-0.2, 0) is 11.2 Å². The molecule has 0 atom stereocenters. The molecule has 30 heavy (non-hydrogen) atoms. The molecule has 0 unspecified atom stereocenters. The lowest BCUT2D eigenvalue weighted by Crippen LogP contribution is -2.11. The molecule has 1 aromatic carbocycles. The largest absolute Gasteiger partial charge is 0.424 e. The molecule has 0 aliphatic heterocycles. The molecule has 158 valence electrons. The average molecular weight is 424 g/mol. The number of thioether (sulfide) groups is 1. The van der Waals surface area contributed by atoms with Gasteiger partial charge in [-0.2, -0.15) is 0 Å². The second-order valence-corrected chi connectivity index (χ2v) is 10.5. The van der Waals surface area contributed by atoms with Gasteiger partial charge in [0.1, 0.15) is 0 Å². The third-order valence-corrected chi connectivity index (χ3v) is 7.03. The van der Waals surface area contributed by atoms with E-state index in [4.69, 9.17) is 4.42 Å². The summed E-state index contributed by atoms with van der Waals surface area (Å²) in [7, 11) is 0. The molecule has 0 spiro atoms. The molecule has 7 heteroatoms. The van der Waals surface area contributed by atoms with Gasteiger partial charge in [-0.1, -0.05) is 69.6 Å². The molecular formula is C23H29N5OS. The maximum Gasteiger partial charge on any atom is 0.226 e. The van der Waals surface area contributed by atoms with Crippen molar-refractivity contribution in [2.24, 2.45) is 0 Å². The van der Waals surface area contributed by atoms with Crippen molar-refractivity contribution in [2.45, 2.75) is 87.6 Å². The van der Waals surface area contributed by atoms with Crippen LogP contribution >= 0.6 is 11.8 Å². The first-order valence-corrected chi connectivity index (χ1v) is 12.0. The van der Waals surface area contributed by atoms with Crippen molar-refractivity contribution < 1.29 is 4.42 Å². The van der Waals surface area contributed by atoms with E-state index in [1.54, 1.807) is 11.8 Å². The molecule has 6 nitrogen and oxygen atoms in total. The first-order chi connectivity index (χ1) is 14.5. The molecule has 0 saturated heterocycles. The van der Waals surface area contributed by atoms with Crippen LogP contribution in [0.2, 0.25) is 0 Å². The number of nitrogens with zero attached hydrogens (tertiary/aromatic N) is 5. The van der Waals surface area contributed by atoms with Crippen molar-refractivity contribution in [3.8, 4) is 11.4 Å². The Hall–Kier alpha value is -2.15. The predicted octanol–water partition coefficient (Wildman–Crippen LogP) is 5.91. The molecule has 0 amide bonds. The van der Waals surface area contributed by atoms with E-state index in [2.05, 4.69) is 70.0 Å². The van der Waals surface area contributed by atoms with Gasteiger partial charge in [0.05, 0.1) is 5.75 Å². The van der Waals surface area contributed by atoms with E-state index in [1.807, 2.05) is 0 Å². The van der Waals surface area contributed by atoms with Crippen molar-refractivity contribution in [1.82, 2.24) is 25.0 Å². The topological polar surface area (TPSA) is 69.6 Å². The lowest BCUT2D eigenvalue weighted by molar-refractivity contribution is 0.464. The average Bonchev–Trinajstić information content (AvgIpc) is 3.13. The molecule has 2 aromatic heterocycles. The minimum Gasteiger partial charge on any atom is -0.424 e. The molecule has 2 aliphatic rings. The van der Waals surface area contributed by atoms with E-state index >= 15 is 0 Å². The Labute approximate surface area is 181 Å². The zero-order valence-corrected chi connectivity index (χ0v) is 18.8. The summed E-state index contributed by atoms with van der Waals surface area (Å²) in [6.45, 7) is 6.72. The van der Waals surface area contributed by atoms with Gasteiger partial charge in [0.15, 0.2) is 11.0 Å². The summed E-state index contributed by atoms with van der Waals surface area (Å²) in [5, 5.41) is 18.5. The molecule has 2 heterocycles. The standard InChI is InChI=1S/C23H29N5OS/c1-23(2,3)17-12-10-15(11-13-17)20-25-27-22(28(20)18-6-4-5-7-18)30-14-19-24-26-21(29-19)16-8-9-16/h10-13,16,18H,4-9,14H2,1-3H3. The first kappa shape index (κ1) is 19.8. The Bertz CT molecular complexity index is 1010. The van der Waals surface area contributed by atoms with E-state index in [0.29, 0.717) is 23.6 Å². The van der Waals surface area contributed by atoms with Gasteiger partial charge in [-0.3, -0.25) is 4.57 Å². The van der Waals surface area contributed by atoms with Gasteiger partial charge in [-0.05, 0) is 36.7 Å². The summed E-state index contributed by atoms with van der Waals surface area (Å²) in [6.07, 6.45) is 7.24. The Balaban J connectivity index is 1.40. The SMILES string of the molecule is CC(C)(C)c1ccc(-c2nnc(SCc3nnc(C4CC4)o3)n2C2CCCC2)cc1. The smallest absolute Gasteiger partial charge is 0.226 e. The Morgan fingerprint density at radius 2 is 1.70 bits per heavy atom. The Morgan fingerprint density at radius 3 is 2.37 bits per heavy atom. The van der Waals surface area contributed by atoms with Crippen molar-refractivity contribution in [1.29, 1.82) is 0 Å². The van der Waals surface area contributed by atoms with Crippen LogP contribution in [0.4, 0.5) is 0 Å². The highest BCUT2D eigenvalue weighted by atomic mass is 32.2. The highest BCUT2D eigenvalue weighted by molar-refractivity contribution is 7.98. The fourth-order valence-corrected chi connectivity index (χ4v) is 4.97. The van der Waals surface area contributed by atoms with Gasteiger partial charge < -0.3 is 4.42 Å². The molecular weight excluding hydrogens is 394 g/mol. The van der Waals surface area contributed by atoms with Crippen molar-refractivity contribution in [3.05, 3.63) is 41.6 Å². The fraction of sp³-hybridized carbons (Fsp3) is 0.565. The second-order valence-electron chi connectivity index (χ2n) is 9.54. The maximum absolute atomic E-state index is 5.83. The second kappa shape index (κ2) is 7.84. The van der Waals surface area contributed by atoms with Crippen molar-refractivity contribution >= 4 is 11.8 Å². The molecule has 0 radical (unpaired) electrons. The maximum atomic E-state index is 5.83. The van der Waals surface area contributed by atoms with Gasteiger partial charge >= 0.3 is 0 Å². The Kier molecular flexibility index (Phi) is 5.17. The van der Waals surface area contributed by atoms with Gasteiger partial charge in [0.25, 0.3) is 0 Å². The quantitative estimate of drug-likeness (QED) is 0.459. The summed E-state index contributed by atoms with van der Waals surface area (Å²) in [5.74, 6) is 3.56. The number of hydrogen-bond donors (Lipinski definition) is 0. The fourth-order valence-electron chi connectivity index (χ4n) is 4.13. The van der Waals surface area contributed by atoms with E-state index in [0.717, 1.165) is 22.4 Å². The third-order valence-electron chi connectivity index (χ3n) is 6.10. The van der Waals surface area contributed by atoms with Crippen molar-refractivity contribution in [2.75, 3.05) is 0 Å². The van der Waals surface area contributed by atoms with E-state index in [9.17, 15) is 0 Å². The minimum absolute atomic E-state index is 0.141. The van der Waals surface area contributed by atoms with Gasteiger partial charge in [0.2, 0.25) is 11.8 Å². The summed E-state index contributed by atoms with van der Waals surface area (Å²) >= 11 is 1.65. The third kappa shape index (κ3) is 4.04. The van der Waals surface area contributed by atoms with Crippen LogP contribution in [-0.4, -0.2) is 25.0 Å². The molecule has 5 rings (SSSR count). The number of hydrogen-bond acceptors (Lipinski definition) is 6. The number of benzene rings is 1. The minimum atomic E-state index is 0.141. The monoisotopic (exact) mass is 423 g/mol. The van der Waals surface area contributed by atoms with Crippen LogP contribution in [0.1, 0.15) is 88.6 Å². The van der Waals surface area contributed by atoms with Crippen LogP contribution in [0.15, 0.2) is 33.8 Å². The van der Waals surface area contributed by atoms with Crippen LogP contribution in [0.5, 0.6) is 0 Å². The van der Waals surface area contributed by atoms with Crippen LogP contribution in [0, 0.1) is 0 Å². The van der Waals surface area contributed by atoms with E-state index in [1.165, 1.54) is 44.1 Å². The highest BCUT2D eigenvalue weighted by Crippen LogP contribution is 2.40. The summed E-state index contributed by atoms with van der Waals surface area (Å²) in [5.41, 5.74) is 2.60. The lowest BCUT2D eigenvalue weighted by atomic mass is 9.86. The van der Waals surface area contributed by atoms with Crippen molar-refractivity contribution in [3.63, 3.8) is 0 Å². The molecule has 3 aromatic rings. The normalized spacial score (nSPS) is 17.7. The zero-order chi connectivity index (χ0) is 20.7. The van der Waals surface area contributed by atoms with Gasteiger partial charge in [-0.15, -0.1) is 20.4 Å². The number of aromatic nitrogens is 5. The molecule has 0 N–H and O–H groups in total. The van der Waals surface area contributed by atoms with Gasteiger partial charge in [-0.25, -0.2) is 0 Å². The molecule has 0 bridgehead atoms. The summed E-state index contributed by atoms with van der Waals surface area (Å²) in [6, 6.07) is 9.26. The zero-order valence-electron chi connectivity index (χ0n) is 18.0. The predicted molar refractivity (Wildman–Crippen MR) is 117 cm³/mol. The lowest BCUT2D eigenvalue weighted by Gasteiger charge is -2.20. The van der Waals surface area contributed by atoms with Crippen LogP contribution < -0.4 is 0 Å².